The summed E-state index contributed by atoms with van der Waals surface area (Å²) in [6, 6.07) is 0.203. The van der Waals surface area contributed by atoms with Crippen molar-refractivity contribution in [1.29, 1.82) is 0 Å². The first-order chi connectivity index (χ1) is 7.65. The number of carbonyl (C=O) groups is 1. The molecule has 4 nitrogen and oxygen atoms in total. The highest BCUT2D eigenvalue weighted by molar-refractivity contribution is 5.76. The molecule has 1 atom stereocenters. The maximum atomic E-state index is 11.4. The third kappa shape index (κ3) is 3.46. The maximum absolute atomic E-state index is 11.4. The van der Waals surface area contributed by atoms with Crippen LogP contribution in [0.1, 0.15) is 46.0 Å². The highest BCUT2D eigenvalue weighted by atomic mass is 16.3. The highest BCUT2D eigenvalue weighted by Gasteiger charge is 2.29. The van der Waals surface area contributed by atoms with Gasteiger partial charge in [0.1, 0.15) is 0 Å². The lowest BCUT2D eigenvalue weighted by Gasteiger charge is -2.35. The monoisotopic (exact) mass is 228 g/mol. The van der Waals surface area contributed by atoms with Gasteiger partial charge in [-0.15, -0.1) is 0 Å². The molecule has 0 bridgehead atoms. The number of rotatable bonds is 5. The standard InChI is InChI=1S/C12H24N2O2/c1-3-12(4-2,9-15)14-10-6-5-7-13-11(16)8-10/h10,14-15H,3-9H2,1-2H3,(H,13,16). The fourth-order valence-corrected chi connectivity index (χ4v) is 2.25. The molecule has 4 heteroatoms. The smallest absolute Gasteiger partial charge is 0.221 e. The normalized spacial score (nSPS) is 22.7. The van der Waals surface area contributed by atoms with Crippen LogP contribution in [0.15, 0.2) is 0 Å². The molecule has 0 aliphatic carbocycles. The van der Waals surface area contributed by atoms with Crippen LogP contribution in [-0.2, 0) is 4.79 Å². The Hall–Kier alpha value is -0.610. The van der Waals surface area contributed by atoms with Crippen LogP contribution in [0.3, 0.4) is 0 Å². The van der Waals surface area contributed by atoms with Gasteiger partial charge in [0.15, 0.2) is 0 Å². The predicted molar refractivity (Wildman–Crippen MR) is 64.2 cm³/mol. The van der Waals surface area contributed by atoms with Crippen LogP contribution < -0.4 is 10.6 Å². The van der Waals surface area contributed by atoms with Gasteiger partial charge in [-0.05, 0) is 25.7 Å². The number of nitrogens with one attached hydrogen (secondary N) is 2. The molecule has 1 aliphatic heterocycles. The SMILES string of the molecule is CCC(CC)(CO)NC1CCCNC(=O)C1. The number of hydrogen-bond acceptors (Lipinski definition) is 3. The summed E-state index contributed by atoms with van der Waals surface area (Å²) in [5.74, 6) is 0.119. The zero-order valence-corrected chi connectivity index (χ0v) is 10.4. The van der Waals surface area contributed by atoms with E-state index in [2.05, 4.69) is 24.5 Å². The van der Waals surface area contributed by atoms with Gasteiger partial charge in [0.25, 0.3) is 0 Å². The van der Waals surface area contributed by atoms with Gasteiger partial charge >= 0.3 is 0 Å². The van der Waals surface area contributed by atoms with Gasteiger partial charge < -0.3 is 15.7 Å². The van der Waals surface area contributed by atoms with E-state index in [4.69, 9.17) is 0 Å². The van der Waals surface area contributed by atoms with Gasteiger partial charge in [-0.3, -0.25) is 4.79 Å². The Morgan fingerprint density at radius 3 is 2.75 bits per heavy atom. The fraction of sp³-hybridized carbons (Fsp3) is 0.917. The molecule has 1 amide bonds. The number of aliphatic hydroxyl groups is 1. The molecule has 1 fully saturated rings. The highest BCUT2D eigenvalue weighted by Crippen LogP contribution is 2.18. The molecular formula is C12H24N2O2. The van der Waals surface area contributed by atoms with E-state index in [0.29, 0.717) is 6.42 Å². The second-order valence-corrected chi connectivity index (χ2v) is 4.68. The van der Waals surface area contributed by atoms with Crippen molar-refractivity contribution >= 4 is 5.91 Å². The largest absolute Gasteiger partial charge is 0.394 e. The molecule has 16 heavy (non-hydrogen) atoms. The summed E-state index contributed by atoms with van der Waals surface area (Å²) < 4.78 is 0. The van der Waals surface area contributed by atoms with Crippen LogP contribution in [0.2, 0.25) is 0 Å². The Bertz CT molecular complexity index is 219. The van der Waals surface area contributed by atoms with E-state index in [1.54, 1.807) is 0 Å². The third-order valence-electron chi connectivity index (χ3n) is 3.65. The van der Waals surface area contributed by atoms with E-state index >= 15 is 0 Å². The van der Waals surface area contributed by atoms with Gasteiger partial charge in [0, 0.05) is 24.5 Å². The van der Waals surface area contributed by atoms with Gasteiger partial charge in [-0.1, -0.05) is 13.8 Å². The van der Waals surface area contributed by atoms with E-state index in [-0.39, 0.29) is 24.1 Å². The van der Waals surface area contributed by atoms with Crippen LogP contribution in [0.4, 0.5) is 0 Å². The van der Waals surface area contributed by atoms with Crippen molar-refractivity contribution in [2.75, 3.05) is 13.2 Å². The van der Waals surface area contributed by atoms with Crippen LogP contribution in [0.25, 0.3) is 0 Å². The van der Waals surface area contributed by atoms with Crippen LogP contribution in [0, 0.1) is 0 Å². The Labute approximate surface area is 97.8 Å². The average molecular weight is 228 g/mol. The molecule has 0 spiro atoms. The van der Waals surface area contributed by atoms with Crippen molar-refractivity contribution in [3.8, 4) is 0 Å². The summed E-state index contributed by atoms with van der Waals surface area (Å²) in [4.78, 5) is 11.4. The molecule has 3 N–H and O–H groups in total. The minimum absolute atomic E-state index is 0.119. The Balaban J connectivity index is 2.58. The molecule has 94 valence electrons. The summed E-state index contributed by atoms with van der Waals surface area (Å²) in [6.07, 6.45) is 4.32. The second kappa shape index (κ2) is 6.21. The van der Waals surface area contributed by atoms with Crippen LogP contribution in [-0.4, -0.2) is 35.7 Å². The van der Waals surface area contributed by atoms with Crippen molar-refractivity contribution in [3.63, 3.8) is 0 Å². The average Bonchev–Trinajstić information content (AvgIpc) is 2.50. The van der Waals surface area contributed by atoms with Gasteiger partial charge in [0.05, 0.1) is 6.61 Å². The van der Waals surface area contributed by atoms with E-state index < -0.39 is 0 Å². The number of hydrogen-bond donors (Lipinski definition) is 3. The predicted octanol–water partition coefficient (Wildman–Crippen LogP) is 0.796. The molecular weight excluding hydrogens is 204 g/mol. The Morgan fingerprint density at radius 2 is 2.19 bits per heavy atom. The number of aliphatic hydroxyl groups excluding tert-OH is 1. The lowest BCUT2D eigenvalue weighted by molar-refractivity contribution is -0.121. The number of amides is 1. The van der Waals surface area contributed by atoms with Gasteiger partial charge in [-0.25, -0.2) is 0 Å². The molecule has 0 aromatic rings. The van der Waals surface area contributed by atoms with E-state index in [0.717, 1.165) is 32.2 Å². The summed E-state index contributed by atoms with van der Waals surface area (Å²) in [5.41, 5.74) is -0.213. The maximum Gasteiger partial charge on any atom is 0.221 e. The Kier molecular flexibility index (Phi) is 5.22. The zero-order valence-electron chi connectivity index (χ0n) is 10.4. The van der Waals surface area contributed by atoms with Gasteiger partial charge in [0.2, 0.25) is 5.91 Å². The van der Waals surface area contributed by atoms with Gasteiger partial charge in [-0.2, -0.15) is 0 Å². The summed E-state index contributed by atoms with van der Waals surface area (Å²) in [6.45, 7) is 5.06. The van der Waals surface area contributed by atoms with Crippen molar-refractivity contribution in [2.24, 2.45) is 0 Å². The first-order valence-corrected chi connectivity index (χ1v) is 6.31. The quantitative estimate of drug-likeness (QED) is 0.652. The summed E-state index contributed by atoms with van der Waals surface area (Å²) in [7, 11) is 0. The van der Waals surface area contributed by atoms with Crippen molar-refractivity contribution in [3.05, 3.63) is 0 Å². The molecule has 1 heterocycles. The topological polar surface area (TPSA) is 61.4 Å². The minimum Gasteiger partial charge on any atom is -0.394 e. The molecule has 0 aromatic carbocycles. The molecule has 1 rings (SSSR count). The van der Waals surface area contributed by atoms with Crippen LogP contribution in [0.5, 0.6) is 0 Å². The zero-order chi connectivity index (χ0) is 12.0. The molecule has 1 unspecified atom stereocenters. The lowest BCUT2D eigenvalue weighted by atomic mass is 9.91. The van der Waals surface area contributed by atoms with Crippen LogP contribution >= 0.6 is 0 Å². The van der Waals surface area contributed by atoms with Crippen molar-refractivity contribution < 1.29 is 9.90 Å². The molecule has 0 radical (unpaired) electrons. The molecule has 0 aromatic heterocycles. The summed E-state index contributed by atoms with van der Waals surface area (Å²) in [5, 5.41) is 15.8. The molecule has 1 saturated heterocycles. The van der Waals surface area contributed by atoms with Crippen molar-refractivity contribution in [1.82, 2.24) is 10.6 Å². The Morgan fingerprint density at radius 1 is 1.50 bits per heavy atom. The van der Waals surface area contributed by atoms with Crippen molar-refractivity contribution in [2.45, 2.75) is 57.5 Å². The second-order valence-electron chi connectivity index (χ2n) is 4.68. The third-order valence-corrected chi connectivity index (χ3v) is 3.65. The molecule has 0 saturated carbocycles. The fourth-order valence-electron chi connectivity index (χ4n) is 2.25. The number of carbonyl (C=O) groups excluding carboxylic acids is 1. The van der Waals surface area contributed by atoms with E-state index in [1.165, 1.54) is 0 Å². The lowest BCUT2D eigenvalue weighted by Crippen LogP contribution is -2.52. The van der Waals surface area contributed by atoms with E-state index in [9.17, 15) is 9.90 Å². The first-order valence-electron chi connectivity index (χ1n) is 6.31. The minimum atomic E-state index is -0.213. The van der Waals surface area contributed by atoms with E-state index in [1.807, 2.05) is 0 Å². The summed E-state index contributed by atoms with van der Waals surface area (Å²) >= 11 is 0. The first kappa shape index (κ1) is 13.5. The molecule has 1 aliphatic rings.